The van der Waals surface area contributed by atoms with Crippen LogP contribution in [0.5, 0.6) is 5.75 Å². The highest BCUT2D eigenvalue weighted by Gasteiger charge is 2.13. The van der Waals surface area contributed by atoms with Gasteiger partial charge in [-0.25, -0.2) is 10.5 Å². The molecule has 3 rings (SSSR count). The fourth-order valence-corrected chi connectivity index (χ4v) is 3.27. The van der Waals surface area contributed by atoms with Gasteiger partial charge in [-0.1, -0.05) is 28.3 Å². The van der Waals surface area contributed by atoms with Gasteiger partial charge in [0.15, 0.2) is 0 Å². The van der Waals surface area contributed by atoms with Crippen molar-refractivity contribution in [2.24, 2.45) is 10.2 Å². The van der Waals surface area contributed by atoms with Crippen molar-refractivity contribution in [3.05, 3.63) is 48.5 Å². The lowest BCUT2D eigenvalue weighted by Crippen LogP contribution is -1.88. The number of hydrogen-bond donors (Lipinski definition) is 4. The predicted octanol–water partition coefficient (Wildman–Crippen LogP) is 5.40. The zero-order chi connectivity index (χ0) is 19.9. The first-order valence-electron chi connectivity index (χ1n) is 7.49. The van der Waals surface area contributed by atoms with Crippen molar-refractivity contribution in [2.45, 2.75) is 9.79 Å². The van der Waals surface area contributed by atoms with Crippen molar-refractivity contribution in [1.29, 1.82) is 0 Å². The van der Waals surface area contributed by atoms with Gasteiger partial charge in [0.05, 0.1) is 40.1 Å². The Morgan fingerprint density at radius 2 is 1.64 bits per heavy atom. The zero-order valence-corrected chi connectivity index (χ0v) is 15.5. The molecule has 0 saturated carbocycles. The number of phenolic OH excluding ortho intramolecular Hbond substituents is 1. The van der Waals surface area contributed by atoms with Crippen LogP contribution >= 0.6 is 24.1 Å². The Morgan fingerprint density at radius 3 is 2.43 bits per heavy atom. The molecule has 12 heteroatoms. The second-order valence-corrected chi connectivity index (χ2v) is 6.68. The molecule has 0 aromatic heterocycles. The van der Waals surface area contributed by atoms with Crippen molar-refractivity contribution in [3.63, 3.8) is 0 Å². The van der Waals surface area contributed by atoms with Crippen molar-refractivity contribution in [3.8, 4) is 5.75 Å². The maximum atomic E-state index is 10.4. The molecule has 10 nitrogen and oxygen atoms in total. The molecule has 0 heterocycles. The second-order valence-electron chi connectivity index (χ2n) is 5.16. The smallest absolute Gasteiger partial charge is 0.126 e. The molecular weight excluding hydrogens is 410 g/mol. The first kappa shape index (κ1) is 20.3. The summed E-state index contributed by atoms with van der Waals surface area (Å²) >= 11 is 1.46. The predicted molar refractivity (Wildman–Crippen MR) is 102 cm³/mol. The number of nitrogens with two attached hydrogens (primary N) is 1. The first-order valence-corrected chi connectivity index (χ1v) is 8.98. The maximum absolute atomic E-state index is 10.4. The highest BCUT2D eigenvalue weighted by atomic mass is 32.2. The van der Waals surface area contributed by atoms with Crippen molar-refractivity contribution in [1.82, 2.24) is 0 Å². The number of nitrogen functional groups attached to an aromatic ring is 1. The number of rotatable bonds is 8. The van der Waals surface area contributed by atoms with Gasteiger partial charge in [0, 0.05) is 4.90 Å². The molecule has 0 aliphatic rings. The molecule has 0 aliphatic heterocycles. The second kappa shape index (κ2) is 9.68. The third kappa shape index (κ3) is 4.70. The van der Waals surface area contributed by atoms with Gasteiger partial charge in [-0.05, 0) is 35.7 Å². The van der Waals surface area contributed by atoms with Crippen LogP contribution in [0, 0.1) is 0 Å². The minimum atomic E-state index is -0.109. The lowest BCUT2D eigenvalue weighted by atomic mass is 10.1. The van der Waals surface area contributed by atoms with Crippen LogP contribution in [0.3, 0.4) is 0 Å². The van der Waals surface area contributed by atoms with Crippen LogP contribution in [-0.4, -0.2) is 15.6 Å². The third-order valence-electron chi connectivity index (χ3n) is 3.51. The Labute approximate surface area is 166 Å². The molecule has 0 unspecified atom stereocenters. The maximum Gasteiger partial charge on any atom is 0.126 e. The van der Waals surface area contributed by atoms with Crippen LogP contribution < -0.4 is 5.73 Å². The standard InChI is InChI=1S/C16H13N3O7S2/c17-11-6-5-9-7-10(27-25-23-21)8-13(20)15(9)16(11)19-18-12-3-1-2-4-14(12)28-26-24-22/h1-8,20-22H,17H2. The summed E-state index contributed by atoms with van der Waals surface area (Å²) in [4.78, 5) is 1.01. The van der Waals surface area contributed by atoms with Gasteiger partial charge in [-0.2, -0.15) is 0 Å². The van der Waals surface area contributed by atoms with Gasteiger partial charge in [0.1, 0.15) is 17.1 Å². The van der Waals surface area contributed by atoms with Crippen molar-refractivity contribution >= 4 is 51.9 Å². The number of nitrogens with zero attached hydrogens (tertiary/aromatic N) is 2. The van der Waals surface area contributed by atoms with E-state index in [1.807, 2.05) is 0 Å². The fourth-order valence-electron chi connectivity index (χ4n) is 2.39. The van der Waals surface area contributed by atoms with E-state index in [1.165, 1.54) is 6.07 Å². The van der Waals surface area contributed by atoms with E-state index < -0.39 is 0 Å². The van der Waals surface area contributed by atoms with Crippen LogP contribution in [-0.2, 0) is 18.7 Å². The summed E-state index contributed by atoms with van der Waals surface area (Å²) in [5.74, 6) is -0.109. The molecule has 3 aromatic rings. The van der Waals surface area contributed by atoms with E-state index in [0.29, 0.717) is 44.0 Å². The lowest BCUT2D eigenvalue weighted by molar-refractivity contribution is -0.432. The molecule has 5 N–H and O–H groups in total. The highest BCUT2D eigenvalue weighted by molar-refractivity contribution is 7.94. The number of anilines is 1. The summed E-state index contributed by atoms with van der Waals surface area (Å²) in [5.41, 5.74) is 7.03. The molecule has 0 fully saturated rings. The van der Waals surface area contributed by atoms with Crippen molar-refractivity contribution in [2.75, 3.05) is 5.73 Å². The van der Waals surface area contributed by atoms with Crippen LogP contribution in [0.25, 0.3) is 10.8 Å². The van der Waals surface area contributed by atoms with Gasteiger partial charge >= 0.3 is 0 Å². The fraction of sp³-hybridized carbons (Fsp3) is 0. The molecule has 0 saturated heterocycles. The average molecular weight is 423 g/mol. The summed E-state index contributed by atoms with van der Waals surface area (Å²) in [6.07, 6.45) is 0. The van der Waals surface area contributed by atoms with Crippen molar-refractivity contribution < 1.29 is 34.4 Å². The van der Waals surface area contributed by atoms with E-state index in [2.05, 4.69) is 29.0 Å². The minimum absolute atomic E-state index is 0.109. The van der Waals surface area contributed by atoms with E-state index in [4.69, 9.17) is 16.2 Å². The Balaban J connectivity index is 2.01. The van der Waals surface area contributed by atoms with Crippen LogP contribution in [0.15, 0.2) is 68.6 Å². The molecular formula is C16H13N3O7S2. The lowest BCUT2D eigenvalue weighted by Gasteiger charge is -2.09. The van der Waals surface area contributed by atoms with Gasteiger partial charge in [-0.15, -0.1) is 18.9 Å². The van der Waals surface area contributed by atoms with Crippen LogP contribution in [0.4, 0.5) is 17.1 Å². The molecule has 0 spiro atoms. The summed E-state index contributed by atoms with van der Waals surface area (Å²) < 4.78 is 8.81. The Kier molecular flexibility index (Phi) is 7.02. The molecule has 0 bridgehead atoms. The number of aromatic hydroxyl groups is 1. The summed E-state index contributed by atoms with van der Waals surface area (Å²) in [5, 5.41) is 43.5. The molecule has 0 radical (unpaired) electrons. The molecule has 28 heavy (non-hydrogen) atoms. The van der Waals surface area contributed by atoms with Crippen LogP contribution in [0.2, 0.25) is 0 Å². The third-order valence-corrected chi connectivity index (χ3v) is 4.72. The number of benzene rings is 3. The molecule has 146 valence electrons. The largest absolute Gasteiger partial charge is 0.507 e. The Hall–Kier alpha value is -2.42. The molecule has 3 aromatic carbocycles. The normalized spacial score (nSPS) is 11.5. The molecule has 0 atom stereocenters. The van der Waals surface area contributed by atoms with Gasteiger partial charge in [0.25, 0.3) is 0 Å². The Morgan fingerprint density at radius 1 is 0.893 bits per heavy atom. The van der Waals surface area contributed by atoms with Gasteiger partial charge in [0.2, 0.25) is 0 Å². The zero-order valence-electron chi connectivity index (χ0n) is 13.9. The first-order chi connectivity index (χ1) is 13.6. The average Bonchev–Trinajstić information content (AvgIpc) is 2.70. The topological polar surface area (TPSA) is 148 Å². The monoisotopic (exact) mass is 423 g/mol. The van der Waals surface area contributed by atoms with E-state index in [-0.39, 0.29) is 11.4 Å². The summed E-state index contributed by atoms with van der Waals surface area (Å²) in [6, 6.07) is 13.3. The summed E-state index contributed by atoms with van der Waals surface area (Å²) in [6.45, 7) is 0. The number of hydrogen-bond acceptors (Lipinski definition) is 12. The quantitative estimate of drug-likeness (QED) is 0.122. The number of fused-ring (bicyclic) bond motifs is 1. The summed E-state index contributed by atoms with van der Waals surface area (Å²) in [7, 11) is 0. The van der Waals surface area contributed by atoms with E-state index >= 15 is 0 Å². The van der Waals surface area contributed by atoms with Gasteiger partial charge < -0.3 is 10.8 Å². The Bertz CT molecular complexity index is 1000. The minimum Gasteiger partial charge on any atom is -0.507 e. The number of phenols is 1. The van der Waals surface area contributed by atoms with E-state index in [0.717, 1.165) is 12.0 Å². The molecule has 0 amide bonds. The van der Waals surface area contributed by atoms with Crippen LogP contribution in [0.1, 0.15) is 0 Å². The number of azo groups is 1. The highest BCUT2D eigenvalue weighted by Crippen LogP contribution is 2.42. The van der Waals surface area contributed by atoms with E-state index in [1.54, 1.807) is 42.5 Å². The van der Waals surface area contributed by atoms with Gasteiger partial charge in [-0.3, -0.25) is 0 Å². The molecule has 0 aliphatic carbocycles. The van der Waals surface area contributed by atoms with E-state index in [9.17, 15) is 5.11 Å². The SMILES string of the molecule is Nc1ccc2cc(SOOO)cc(O)c2c1N=Nc1ccccc1SOOO.